The number of imidazole rings is 1. The summed E-state index contributed by atoms with van der Waals surface area (Å²) in [4.78, 5) is 19.2. The number of para-hydroxylation sites is 2. The number of aryl methyl sites for hydroxylation is 1. The Kier molecular flexibility index (Phi) is 4.85. The lowest BCUT2D eigenvalue weighted by Gasteiger charge is -2.08. The van der Waals surface area contributed by atoms with Crippen LogP contribution < -0.4 is 0 Å². The lowest BCUT2D eigenvalue weighted by Crippen LogP contribution is -2.18. The van der Waals surface area contributed by atoms with Crippen molar-refractivity contribution in [2.75, 3.05) is 6.61 Å². The van der Waals surface area contributed by atoms with Gasteiger partial charge in [-0.25, -0.2) is 4.98 Å². The average Bonchev–Trinajstić information content (AvgIpc) is 2.81. The normalized spacial score (nSPS) is 12.5. The van der Waals surface area contributed by atoms with E-state index in [1.165, 1.54) is 0 Å². The molecule has 1 atom stereocenters. The van der Waals surface area contributed by atoms with E-state index in [1.807, 2.05) is 24.3 Å². The number of rotatable bonds is 6. The number of ether oxygens (including phenoxy) is 1. The molecule has 19 heavy (non-hydrogen) atoms. The van der Waals surface area contributed by atoms with Gasteiger partial charge in [-0.05, 0) is 31.9 Å². The van der Waals surface area contributed by atoms with E-state index in [0.29, 0.717) is 13.0 Å². The number of hydrogen-bond donors (Lipinski definition) is 2. The van der Waals surface area contributed by atoms with Crippen molar-refractivity contribution >= 4 is 29.6 Å². The number of benzene rings is 1. The van der Waals surface area contributed by atoms with Crippen molar-refractivity contribution < 1.29 is 9.53 Å². The van der Waals surface area contributed by atoms with Gasteiger partial charge in [-0.3, -0.25) is 4.79 Å². The number of nitrogens with one attached hydrogen (secondary N) is 1. The fourth-order valence-corrected chi connectivity index (χ4v) is 2.20. The molecule has 0 aliphatic rings. The first-order valence-corrected chi connectivity index (χ1v) is 7.00. The van der Waals surface area contributed by atoms with Crippen LogP contribution in [0.5, 0.6) is 0 Å². The average molecular weight is 278 g/mol. The van der Waals surface area contributed by atoms with Gasteiger partial charge in [-0.2, -0.15) is 12.6 Å². The summed E-state index contributed by atoms with van der Waals surface area (Å²) in [6.45, 7) is 2.20. The van der Waals surface area contributed by atoms with Crippen molar-refractivity contribution in [1.29, 1.82) is 0 Å². The molecule has 1 N–H and O–H groups in total. The number of aromatic amines is 1. The first-order valence-electron chi connectivity index (χ1n) is 6.49. The highest BCUT2D eigenvalue weighted by molar-refractivity contribution is 7.81. The monoisotopic (exact) mass is 278 g/mol. The van der Waals surface area contributed by atoms with Gasteiger partial charge in [-0.15, -0.1) is 0 Å². The summed E-state index contributed by atoms with van der Waals surface area (Å²) in [6.07, 6.45) is 2.36. The third-order valence-corrected chi connectivity index (χ3v) is 3.36. The van der Waals surface area contributed by atoms with Crippen LogP contribution in [-0.2, 0) is 16.0 Å². The zero-order valence-corrected chi connectivity index (χ0v) is 11.8. The van der Waals surface area contributed by atoms with Gasteiger partial charge in [-0.1, -0.05) is 12.1 Å². The maximum absolute atomic E-state index is 11.4. The number of nitrogens with zero attached hydrogens (tertiary/aromatic N) is 1. The molecular formula is C14H18N2O2S. The fourth-order valence-electron chi connectivity index (χ4n) is 1.94. The molecule has 2 rings (SSSR count). The summed E-state index contributed by atoms with van der Waals surface area (Å²) in [5, 5.41) is -0.343. The molecule has 0 aliphatic heterocycles. The maximum Gasteiger partial charge on any atom is 0.318 e. The lowest BCUT2D eigenvalue weighted by atomic mass is 10.2. The van der Waals surface area contributed by atoms with E-state index in [2.05, 4.69) is 22.6 Å². The van der Waals surface area contributed by atoms with Gasteiger partial charge < -0.3 is 9.72 Å². The highest BCUT2D eigenvalue weighted by Crippen LogP contribution is 2.14. The first-order chi connectivity index (χ1) is 9.20. The van der Waals surface area contributed by atoms with Crippen molar-refractivity contribution in [3.8, 4) is 0 Å². The molecule has 0 spiro atoms. The van der Waals surface area contributed by atoms with Crippen LogP contribution in [-0.4, -0.2) is 27.8 Å². The highest BCUT2D eigenvalue weighted by atomic mass is 32.1. The van der Waals surface area contributed by atoms with Crippen LogP contribution in [0.3, 0.4) is 0 Å². The Morgan fingerprint density at radius 3 is 3.00 bits per heavy atom. The van der Waals surface area contributed by atoms with E-state index in [-0.39, 0.29) is 11.2 Å². The fraction of sp³-hybridized carbons (Fsp3) is 0.429. The predicted molar refractivity (Wildman–Crippen MR) is 78.4 cm³/mol. The zero-order chi connectivity index (χ0) is 13.7. The molecule has 1 unspecified atom stereocenters. The maximum atomic E-state index is 11.4. The molecule has 0 aliphatic carbocycles. The second-order valence-electron chi connectivity index (χ2n) is 4.36. The second-order valence-corrected chi connectivity index (χ2v) is 4.98. The van der Waals surface area contributed by atoms with Gasteiger partial charge in [0.2, 0.25) is 0 Å². The van der Waals surface area contributed by atoms with Crippen LogP contribution in [0.2, 0.25) is 0 Å². The molecule has 0 radical (unpaired) electrons. The van der Waals surface area contributed by atoms with Gasteiger partial charge in [0.15, 0.2) is 0 Å². The largest absolute Gasteiger partial charge is 0.465 e. The van der Waals surface area contributed by atoms with E-state index in [9.17, 15) is 4.79 Å². The van der Waals surface area contributed by atoms with E-state index in [0.717, 1.165) is 29.7 Å². The van der Waals surface area contributed by atoms with E-state index >= 15 is 0 Å². The van der Waals surface area contributed by atoms with Gasteiger partial charge in [0, 0.05) is 6.42 Å². The molecule has 1 heterocycles. The van der Waals surface area contributed by atoms with Crippen LogP contribution in [0, 0.1) is 0 Å². The van der Waals surface area contributed by atoms with E-state index < -0.39 is 0 Å². The summed E-state index contributed by atoms with van der Waals surface area (Å²) in [6, 6.07) is 7.94. The summed E-state index contributed by atoms with van der Waals surface area (Å²) >= 11 is 4.25. The van der Waals surface area contributed by atoms with Crippen molar-refractivity contribution in [2.24, 2.45) is 0 Å². The Balaban J connectivity index is 1.84. The van der Waals surface area contributed by atoms with Gasteiger partial charge in [0.1, 0.15) is 5.82 Å². The van der Waals surface area contributed by atoms with Crippen LogP contribution in [0.1, 0.15) is 25.6 Å². The number of hydrogen-bond acceptors (Lipinski definition) is 4. The van der Waals surface area contributed by atoms with Crippen molar-refractivity contribution in [3.05, 3.63) is 30.1 Å². The van der Waals surface area contributed by atoms with Crippen LogP contribution in [0.25, 0.3) is 11.0 Å². The molecule has 1 aromatic heterocycles. The van der Waals surface area contributed by atoms with Crippen molar-refractivity contribution in [2.45, 2.75) is 31.4 Å². The molecule has 2 aromatic rings. The standard InChI is InChI=1S/C14H18N2O2S/c1-2-18-14(17)12(19)8-5-9-13-15-10-6-3-4-7-11(10)16-13/h3-4,6-7,12,19H,2,5,8-9H2,1H3,(H,15,16). The molecule has 4 nitrogen and oxygen atoms in total. The van der Waals surface area contributed by atoms with Crippen LogP contribution in [0.15, 0.2) is 24.3 Å². The van der Waals surface area contributed by atoms with Gasteiger partial charge in [0.25, 0.3) is 0 Å². The molecule has 5 heteroatoms. The van der Waals surface area contributed by atoms with Crippen molar-refractivity contribution in [3.63, 3.8) is 0 Å². The van der Waals surface area contributed by atoms with E-state index in [4.69, 9.17) is 4.74 Å². The number of thiol groups is 1. The molecule has 1 aromatic carbocycles. The molecular weight excluding hydrogens is 260 g/mol. The van der Waals surface area contributed by atoms with E-state index in [1.54, 1.807) is 6.92 Å². The number of fused-ring (bicyclic) bond motifs is 1. The zero-order valence-electron chi connectivity index (χ0n) is 10.9. The summed E-state index contributed by atoms with van der Waals surface area (Å²) in [5.41, 5.74) is 2.02. The Hall–Kier alpha value is -1.49. The third-order valence-electron chi connectivity index (χ3n) is 2.89. The summed E-state index contributed by atoms with van der Waals surface area (Å²) in [7, 11) is 0. The van der Waals surface area contributed by atoms with Crippen LogP contribution in [0.4, 0.5) is 0 Å². The molecule has 0 amide bonds. The summed E-state index contributed by atoms with van der Waals surface area (Å²) in [5.74, 6) is 0.709. The number of aromatic nitrogens is 2. The highest BCUT2D eigenvalue weighted by Gasteiger charge is 2.14. The number of carbonyl (C=O) groups is 1. The Morgan fingerprint density at radius 1 is 1.47 bits per heavy atom. The Morgan fingerprint density at radius 2 is 2.26 bits per heavy atom. The Bertz CT molecular complexity index is 520. The lowest BCUT2D eigenvalue weighted by molar-refractivity contribution is -0.142. The number of carbonyl (C=O) groups excluding carboxylic acids is 1. The minimum atomic E-state index is -0.343. The second kappa shape index (κ2) is 6.61. The minimum absolute atomic E-state index is 0.240. The first kappa shape index (κ1) is 13.9. The quantitative estimate of drug-likeness (QED) is 0.631. The molecule has 102 valence electrons. The Labute approximate surface area is 118 Å². The minimum Gasteiger partial charge on any atom is -0.465 e. The SMILES string of the molecule is CCOC(=O)C(S)CCCc1nc2ccccc2[nH]1. The topological polar surface area (TPSA) is 55.0 Å². The van der Waals surface area contributed by atoms with Gasteiger partial charge >= 0.3 is 5.97 Å². The molecule has 0 fully saturated rings. The van der Waals surface area contributed by atoms with Gasteiger partial charge in [0.05, 0.1) is 22.9 Å². The van der Waals surface area contributed by atoms with Crippen LogP contribution >= 0.6 is 12.6 Å². The molecule has 0 bridgehead atoms. The number of esters is 1. The molecule has 0 saturated heterocycles. The third kappa shape index (κ3) is 3.73. The number of H-pyrrole nitrogens is 1. The summed E-state index contributed by atoms with van der Waals surface area (Å²) < 4.78 is 4.92. The molecule has 0 saturated carbocycles. The smallest absolute Gasteiger partial charge is 0.318 e. The predicted octanol–water partition coefficient (Wildman–Crippen LogP) is 2.75. The van der Waals surface area contributed by atoms with Crippen molar-refractivity contribution in [1.82, 2.24) is 9.97 Å².